The SMILES string of the molecule is CNC(=O)CN(C)C(=O)c1ccc2c(c1)CCCN2. The summed E-state index contributed by atoms with van der Waals surface area (Å²) in [6.45, 7) is 1.06. The number of benzene rings is 1. The van der Waals surface area contributed by atoms with Crippen molar-refractivity contribution in [2.75, 3.05) is 32.5 Å². The van der Waals surface area contributed by atoms with E-state index in [1.807, 2.05) is 12.1 Å². The third-order valence-corrected chi connectivity index (χ3v) is 3.30. The van der Waals surface area contributed by atoms with E-state index in [1.54, 1.807) is 20.2 Å². The van der Waals surface area contributed by atoms with Gasteiger partial charge >= 0.3 is 0 Å². The van der Waals surface area contributed by atoms with Crippen LogP contribution in [0.5, 0.6) is 0 Å². The molecule has 5 heteroatoms. The van der Waals surface area contributed by atoms with Crippen LogP contribution >= 0.6 is 0 Å². The minimum absolute atomic E-state index is 0.0741. The highest BCUT2D eigenvalue weighted by molar-refractivity contribution is 5.96. The Morgan fingerprint density at radius 1 is 1.42 bits per heavy atom. The molecule has 5 nitrogen and oxygen atoms in total. The van der Waals surface area contributed by atoms with Gasteiger partial charge in [0.1, 0.15) is 0 Å². The Labute approximate surface area is 113 Å². The Morgan fingerprint density at radius 3 is 2.95 bits per heavy atom. The number of anilines is 1. The first-order valence-corrected chi connectivity index (χ1v) is 6.44. The average Bonchev–Trinajstić information content (AvgIpc) is 2.45. The van der Waals surface area contributed by atoms with Crippen LogP contribution in [0.1, 0.15) is 22.3 Å². The summed E-state index contributed by atoms with van der Waals surface area (Å²) in [7, 11) is 3.19. The van der Waals surface area contributed by atoms with Crippen LogP contribution in [0.25, 0.3) is 0 Å². The standard InChI is InChI=1S/C14H19N3O2/c1-15-13(18)9-17(2)14(19)11-5-6-12-10(8-11)4-3-7-16-12/h5-6,8,16H,3-4,7,9H2,1-2H3,(H,15,18). The van der Waals surface area contributed by atoms with Crippen LogP contribution in [0.2, 0.25) is 0 Å². The maximum atomic E-state index is 12.2. The minimum atomic E-state index is -0.171. The van der Waals surface area contributed by atoms with E-state index < -0.39 is 0 Å². The summed E-state index contributed by atoms with van der Waals surface area (Å²) in [6, 6.07) is 5.67. The van der Waals surface area contributed by atoms with E-state index in [1.165, 1.54) is 10.5 Å². The van der Waals surface area contributed by atoms with Gasteiger partial charge in [0.15, 0.2) is 0 Å². The molecule has 2 amide bonds. The molecule has 0 saturated heterocycles. The molecule has 0 saturated carbocycles. The van der Waals surface area contributed by atoms with Gasteiger partial charge < -0.3 is 15.5 Å². The predicted octanol–water partition coefficient (Wildman–Crippen LogP) is 0.863. The summed E-state index contributed by atoms with van der Waals surface area (Å²) < 4.78 is 0. The van der Waals surface area contributed by atoms with Gasteiger partial charge in [-0.25, -0.2) is 0 Å². The van der Waals surface area contributed by atoms with Crippen molar-refractivity contribution in [3.8, 4) is 0 Å². The van der Waals surface area contributed by atoms with Crippen LogP contribution in [-0.2, 0) is 11.2 Å². The third-order valence-electron chi connectivity index (χ3n) is 3.30. The fourth-order valence-corrected chi connectivity index (χ4v) is 2.19. The van der Waals surface area contributed by atoms with Gasteiger partial charge in [-0.3, -0.25) is 9.59 Å². The zero-order valence-electron chi connectivity index (χ0n) is 11.3. The Bertz CT molecular complexity index is 499. The highest BCUT2D eigenvalue weighted by Crippen LogP contribution is 2.23. The Kier molecular flexibility index (Phi) is 4.04. The normalized spacial score (nSPS) is 13.2. The number of fused-ring (bicyclic) bond motifs is 1. The molecule has 1 heterocycles. The molecule has 1 aliphatic heterocycles. The highest BCUT2D eigenvalue weighted by Gasteiger charge is 2.16. The molecule has 1 aromatic carbocycles. The molecule has 0 aromatic heterocycles. The molecule has 2 N–H and O–H groups in total. The van der Waals surface area contributed by atoms with Crippen molar-refractivity contribution in [2.45, 2.75) is 12.8 Å². The maximum absolute atomic E-state index is 12.2. The van der Waals surface area contributed by atoms with Crippen LogP contribution in [0.3, 0.4) is 0 Å². The number of amides is 2. The van der Waals surface area contributed by atoms with E-state index in [9.17, 15) is 9.59 Å². The average molecular weight is 261 g/mol. The van der Waals surface area contributed by atoms with E-state index in [2.05, 4.69) is 10.6 Å². The van der Waals surface area contributed by atoms with Crippen LogP contribution in [0.4, 0.5) is 5.69 Å². The topological polar surface area (TPSA) is 61.4 Å². The molecule has 2 rings (SSSR count). The maximum Gasteiger partial charge on any atom is 0.254 e. The van der Waals surface area contributed by atoms with E-state index in [0.29, 0.717) is 5.56 Å². The number of carbonyl (C=O) groups excluding carboxylic acids is 2. The molecule has 19 heavy (non-hydrogen) atoms. The van der Waals surface area contributed by atoms with Gasteiger partial charge in [0.25, 0.3) is 5.91 Å². The zero-order valence-corrected chi connectivity index (χ0v) is 11.3. The van der Waals surface area contributed by atoms with Crippen molar-refractivity contribution in [1.29, 1.82) is 0 Å². The summed E-state index contributed by atoms with van der Waals surface area (Å²) >= 11 is 0. The molecule has 1 aromatic rings. The predicted molar refractivity (Wildman–Crippen MR) is 74.3 cm³/mol. The summed E-state index contributed by atoms with van der Waals surface area (Å²) in [6.07, 6.45) is 2.07. The van der Waals surface area contributed by atoms with Crippen LogP contribution in [0.15, 0.2) is 18.2 Å². The number of likely N-dealkylation sites (N-methyl/N-ethyl adjacent to an activating group) is 2. The summed E-state index contributed by atoms with van der Waals surface area (Å²) in [5.41, 5.74) is 2.91. The number of hydrogen-bond donors (Lipinski definition) is 2. The lowest BCUT2D eigenvalue weighted by atomic mass is 10.0. The van der Waals surface area contributed by atoms with E-state index in [-0.39, 0.29) is 18.4 Å². The molecule has 0 atom stereocenters. The summed E-state index contributed by atoms with van der Waals surface area (Å²) in [5, 5.41) is 5.82. The van der Waals surface area contributed by atoms with E-state index >= 15 is 0 Å². The number of hydrogen-bond acceptors (Lipinski definition) is 3. The van der Waals surface area contributed by atoms with Crippen molar-refractivity contribution in [3.05, 3.63) is 29.3 Å². The first-order valence-electron chi connectivity index (χ1n) is 6.44. The first kappa shape index (κ1) is 13.4. The molecule has 102 valence electrons. The fourth-order valence-electron chi connectivity index (χ4n) is 2.19. The van der Waals surface area contributed by atoms with Crippen molar-refractivity contribution in [3.63, 3.8) is 0 Å². The van der Waals surface area contributed by atoms with Gasteiger partial charge in [-0.2, -0.15) is 0 Å². The lowest BCUT2D eigenvalue weighted by molar-refractivity contribution is -0.121. The second-order valence-corrected chi connectivity index (χ2v) is 4.74. The summed E-state index contributed by atoms with van der Waals surface area (Å²) in [4.78, 5) is 24.9. The fraction of sp³-hybridized carbons (Fsp3) is 0.429. The Hall–Kier alpha value is -2.04. The van der Waals surface area contributed by atoms with Crippen molar-refractivity contribution >= 4 is 17.5 Å². The minimum Gasteiger partial charge on any atom is -0.385 e. The van der Waals surface area contributed by atoms with Crippen LogP contribution in [-0.4, -0.2) is 43.9 Å². The number of carbonyl (C=O) groups is 2. The van der Waals surface area contributed by atoms with Gasteiger partial charge in [0.2, 0.25) is 5.91 Å². The number of nitrogens with zero attached hydrogens (tertiary/aromatic N) is 1. The third kappa shape index (κ3) is 3.05. The van der Waals surface area contributed by atoms with Crippen molar-refractivity contribution in [2.24, 2.45) is 0 Å². The smallest absolute Gasteiger partial charge is 0.254 e. The quantitative estimate of drug-likeness (QED) is 0.848. The molecule has 0 fully saturated rings. The molecule has 0 aliphatic carbocycles. The van der Waals surface area contributed by atoms with Gasteiger partial charge in [-0.15, -0.1) is 0 Å². The van der Waals surface area contributed by atoms with Crippen LogP contribution in [0, 0.1) is 0 Å². The second kappa shape index (κ2) is 5.73. The van der Waals surface area contributed by atoms with E-state index in [4.69, 9.17) is 0 Å². The molecular weight excluding hydrogens is 242 g/mol. The van der Waals surface area contributed by atoms with Crippen molar-refractivity contribution in [1.82, 2.24) is 10.2 Å². The van der Waals surface area contributed by atoms with Gasteiger partial charge in [-0.05, 0) is 36.6 Å². The van der Waals surface area contributed by atoms with Crippen molar-refractivity contribution < 1.29 is 9.59 Å². The zero-order chi connectivity index (χ0) is 13.8. The van der Waals surface area contributed by atoms with Gasteiger partial charge in [0.05, 0.1) is 6.54 Å². The monoisotopic (exact) mass is 261 g/mol. The Balaban J connectivity index is 2.12. The first-order chi connectivity index (χ1) is 9.11. The lowest BCUT2D eigenvalue weighted by Crippen LogP contribution is -2.36. The molecule has 0 bridgehead atoms. The molecule has 0 spiro atoms. The molecule has 1 aliphatic rings. The molecule has 0 radical (unpaired) electrons. The Morgan fingerprint density at radius 2 is 2.21 bits per heavy atom. The second-order valence-electron chi connectivity index (χ2n) is 4.74. The number of nitrogens with one attached hydrogen (secondary N) is 2. The highest BCUT2D eigenvalue weighted by atomic mass is 16.2. The van der Waals surface area contributed by atoms with E-state index in [0.717, 1.165) is 25.1 Å². The molecule has 0 unspecified atom stereocenters. The number of aryl methyl sites for hydroxylation is 1. The van der Waals surface area contributed by atoms with Gasteiger partial charge in [0, 0.05) is 31.9 Å². The molecular formula is C14H19N3O2. The summed E-state index contributed by atoms with van der Waals surface area (Å²) in [5.74, 6) is -0.299. The van der Waals surface area contributed by atoms with Crippen LogP contribution < -0.4 is 10.6 Å². The lowest BCUT2D eigenvalue weighted by Gasteiger charge is -2.20. The largest absolute Gasteiger partial charge is 0.385 e. The number of rotatable bonds is 3. The van der Waals surface area contributed by atoms with Gasteiger partial charge in [-0.1, -0.05) is 0 Å².